The van der Waals surface area contributed by atoms with Gasteiger partial charge in [0.1, 0.15) is 0 Å². The first-order valence-electron chi connectivity index (χ1n) is 13.4. The van der Waals surface area contributed by atoms with Crippen molar-refractivity contribution < 1.29 is 23.9 Å². The molecule has 9 heteroatoms. The van der Waals surface area contributed by atoms with Gasteiger partial charge < -0.3 is 20.5 Å². The fourth-order valence-electron chi connectivity index (χ4n) is 5.20. The largest absolute Gasteiger partial charge is 0.493 e. The van der Waals surface area contributed by atoms with E-state index in [-0.39, 0.29) is 34.8 Å². The lowest BCUT2D eigenvalue weighted by Gasteiger charge is -2.37. The van der Waals surface area contributed by atoms with Gasteiger partial charge in [0, 0.05) is 24.6 Å². The number of nitrogens with one attached hydrogen (secondary N) is 1. The van der Waals surface area contributed by atoms with E-state index in [9.17, 15) is 14.4 Å². The summed E-state index contributed by atoms with van der Waals surface area (Å²) in [5, 5.41) is 9.33. The minimum absolute atomic E-state index is 0.0418. The standard InChI is InChI=1S/C30H36N4O5/c1-38-25-16-15-20(19-26(25)39-2)27-21-11-5-8-14-24(21)30(37)34(33-27)18-10-4-3-9-17-32-29(36)23-13-7-6-12-22(23)28(31)35/h5-8,12-13,15-16,19,21,24H,3-4,9-11,14,17-18H2,1-2H3,(H2,31,35)(H,32,36)/t21-,24+/m0/s1. The van der Waals surface area contributed by atoms with Gasteiger partial charge in [-0.05, 0) is 56.0 Å². The number of hydrazone groups is 1. The van der Waals surface area contributed by atoms with Crippen LogP contribution < -0.4 is 20.5 Å². The number of amides is 3. The van der Waals surface area contributed by atoms with Crippen LogP contribution >= 0.6 is 0 Å². The van der Waals surface area contributed by atoms with Crippen molar-refractivity contribution in [2.24, 2.45) is 22.7 Å². The fraction of sp³-hybridized carbons (Fsp3) is 0.400. The van der Waals surface area contributed by atoms with E-state index in [1.165, 1.54) is 0 Å². The molecule has 0 aromatic heterocycles. The van der Waals surface area contributed by atoms with Gasteiger partial charge >= 0.3 is 0 Å². The molecule has 2 aliphatic rings. The van der Waals surface area contributed by atoms with Crippen molar-refractivity contribution in [3.8, 4) is 11.5 Å². The van der Waals surface area contributed by atoms with Crippen LogP contribution in [0.2, 0.25) is 0 Å². The molecule has 0 spiro atoms. The molecule has 3 N–H and O–H groups in total. The zero-order valence-electron chi connectivity index (χ0n) is 22.5. The molecule has 1 heterocycles. The molecule has 0 radical (unpaired) electrons. The van der Waals surface area contributed by atoms with Gasteiger partial charge in [-0.3, -0.25) is 14.4 Å². The lowest BCUT2D eigenvalue weighted by Crippen LogP contribution is -2.45. The van der Waals surface area contributed by atoms with Crippen molar-refractivity contribution >= 4 is 23.4 Å². The molecule has 0 fully saturated rings. The van der Waals surface area contributed by atoms with Gasteiger partial charge in [-0.2, -0.15) is 5.10 Å². The summed E-state index contributed by atoms with van der Waals surface area (Å²) in [6.07, 6.45) is 9.09. The first-order chi connectivity index (χ1) is 18.9. The van der Waals surface area contributed by atoms with E-state index in [1.54, 1.807) is 43.5 Å². The molecule has 0 bridgehead atoms. The Bertz CT molecular complexity index is 1270. The minimum atomic E-state index is -0.625. The molecule has 2 atom stereocenters. The van der Waals surface area contributed by atoms with Crippen LogP contribution in [0.15, 0.2) is 59.7 Å². The summed E-state index contributed by atoms with van der Waals surface area (Å²) >= 11 is 0. The number of ether oxygens (including phenoxy) is 2. The average Bonchev–Trinajstić information content (AvgIpc) is 2.97. The fourth-order valence-corrected chi connectivity index (χ4v) is 5.20. The van der Waals surface area contributed by atoms with E-state index in [0.29, 0.717) is 31.0 Å². The van der Waals surface area contributed by atoms with Crippen LogP contribution in [0.3, 0.4) is 0 Å². The predicted octanol–water partition coefficient (Wildman–Crippen LogP) is 3.92. The predicted molar refractivity (Wildman–Crippen MR) is 149 cm³/mol. The van der Waals surface area contributed by atoms with Gasteiger partial charge in [0.2, 0.25) is 11.8 Å². The Kier molecular flexibility index (Phi) is 9.35. The van der Waals surface area contributed by atoms with Crippen molar-refractivity contribution in [3.63, 3.8) is 0 Å². The maximum absolute atomic E-state index is 13.3. The topological polar surface area (TPSA) is 123 Å². The Hall–Kier alpha value is -4.14. The number of nitrogens with zero attached hydrogens (tertiary/aromatic N) is 2. The maximum atomic E-state index is 13.3. The zero-order valence-corrected chi connectivity index (χ0v) is 22.5. The van der Waals surface area contributed by atoms with E-state index < -0.39 is 5.91 Å². The van der Waals surface area contributed by atoms with Crippen molar-refractivity contribution in [1.29, 1.82) is 0 Å². The third-order valence-electron chi connectivity index (χ3n) is 7.28. The number of fused-ring (bicyclic) bond motifs is 1. The van der Waals surface area contributed by atoms with E-state index in [4.69, 9.17) is 20.3 Å². The van der Waals surface area contributed by atoms with E-state index >= 15 is 0 Å². The number of benzene rings is 2. The molecule has 0 unspecified atom stereocenters. The summed E-state index contributed by atoms with van der Waals surface area (Å²) in [5.41, 5.74) is 7.70. The number of allylic oxidation sites excluding steroid dienone is 2. The molecule has 2 aromatic carbocycles. The first kappa shape index (κ1) is 27.9. The molecule has 4 rings (SSSR count). The number of hydrogen-bond acceptors (Lipinski definition) is 6. The molecule has 3 amide bonds. The summed E-state index contributed by atoms with van der Waals surface area (Å²) in [4.78, 5) is 37.3. The second-order valence-corrected chi connectivity index (χ2v) is 9.75. The van der Waals surface area contributed by atoms with Gasteiger partial charge in [-0.15, -0.1) is 0 Å². The number of carbonyl (C=O) groups excluding carboxylic acids is 3. The quantitative estimate of drug-likeness (QED) is 0.317. The Morgan fingerprint density at radius 2 is 1.64 bits per heavy atom. The molecule has 206 valence electrons. The molecule has 9 nitrogen and oxygen atoms in total. The highest BCUT2D eigenvalue weighted by Gasteiger charge is 2.40. The van der Waals surface area contributed by atoms with Crippen LogP contribution in [0, 0.1) is 11.8 Å². The number of hydrogen-bond donors (Lipinski definition) is 2. The Morgan fingerprint density at radius 3 is 2.36 bits per heavy atom. The van der Waals surface area contributed by atoms with Gasteiger partial charge in [0.05, 0.1) is 37.0 Å². The highest BCUT2D eigenvalue weighted by Crippen LogP contribution is 2.37. The minimum Gasteiger partial charge on any atom is -0.493 e. The molecule has 0 saturated heterocycles. The van der Waals surface area contributed by atoms with Crippen LogP contribution in [0.5, 0.6) is 11.5 Å². The summed E-state index contributed by atoms with van der Waals surface area (Å²) in [6.45, 7) is 1.03. The molecule has 0 saturated carbocycles. The molecule has 39 heavy (non-hydrogen) atoms. The van der Waals surface area contributed by atoms with Gasteiger partial charge in [0.25, 0.3) is 5.91 Å². The Balaban J connectivity index is 1.32. The summed E-state index contributed by atoms with van der Waals surface area (Å²) in [6, 6.07) is 12.3. The summed E-state index contributed by atoms with van der Waals surface area (Å²) in [5.74, 6) is 0.355. The second-order valence-electron chi connectivity index (χ2n) is 9.75. The first-order valence-corrected chi connectivity index (χ1v) is 13.4. The lowest BCUT2D eigenvalue weighted by atomic mass is 9.76. The number of primary amides is 1. The zero-order chi connectivity index (χ0) is 27.8. The van der Waals surface area contributed by atoms with Gasteiger partial charge in [-0.25, -0.2) is 5.01 Å². The molecule has 1 aliphatic carbocycles. The number of methoxy groups -OCH3 is 2. The van der Waals surface area contributed by atoms with Crippen LogP contribution in [0.1, 0.15) is 64.8 Å². The molecular weight excluding hydrogens is 496 g/mol. The number of nitrogens with two attached hydrogens (primary N) is 1. The monoisotopic (exact) mass is 532 g/mol. The van der Waals surface area contributed by atoms with E-state index in [0.717, 1.165) is 43.4 Å². The maximum Gasteiger partial charge on any atom is 0.252 e. The van der Waals surface area contributed by atoms with Crippen molar-refractivity contribution in [1.82, 2.24) is 10.3 Å². The lowest BCUT2D eigenvalue weighted by molar-refractivity contribution is -0.137. The summed E-state index contributed by atoms with van der Waals surface area (Å²) in [7, 11) is 3.22. The third-order valence-corrected chi connectivity index (χ3v) is 7.28. The van der Waals surface area contributed by atoms with Crippen LogP contribution in [0.25, 0.3) is 0 Å². The number of carbonyl (C=O) groups is 3. The summed E-state index contributed by atoms with van der Waals surface area (Å²) < 4.78 is 10.9. The molecule has 2 aromatic rings. The molecular formula is C30H36N4O5. The molecule has 1 aliphatic heterocycles. The normalized spacial score (nSPS) is 18.3. The highest BCUT2D eigenvalue weighted by atomic mass is 16.5. The van der Waals surface area contributed by atoms with Crippen LogP contribution in [-0.2, 0) is 4.79 Å². The van der Waals surface area contributed by atoms with Crippen LogP contribution in [-0.4, -0.2) is 55.8 Å². The van der Waals surface area contributed by atoms with E-state index in [1.807, 2.05) is 18.2 Å². The highest BCUT2D eigenvalue weighted by molar-refractivity contribution is 6.07. The SMILES string of the molecule is COc1ccc(C2=NN(CCCCCCNC(=O)c3ccccc3C(N)=O)C(=O)[C@@H]3CC=CC[C@H]23)cc1OC. The van der Waals surface area contributed by atoms with Crippen molar-refractivity contribution in [2.75, 3.05) is 27.3 Å². The Morgan fingerprint density at radius 1 is 0.949 bits per heavy atom. The van der Waals surface area contributed by atoms with Crippen molar-refractivity contribution in [2.45, 2.75) is 38.5 Å². The van der Waals surface area contributed by atoms with Crippen molar-refractivity contribution in [3.05, 3.63) is 71.3 Å². The van der Waals surface area contributed by atoms with E-state index in [2.05, 4.69) is 17.5 Å². The van der Waals surface area contributed by atoms with Gasteiger partial charge in [-0.1, -0.05) is 37.1 Å². The second kappa shape index (κ2) is 13.1. The third kappa shape index (κ3) is 6.47. The smallest absolute Gasteiger partial charge is 0.252 e. The van der Waals surface area contributed by atoms with Crippen LogP contribution in [0.4, 0.5) is 0 Å². The number of rotatable bonds is 12. The number of unbranched alkanes of at least 4 members (excludes halogenated alkanes) is 3. The van der Waals surface area contributed by atoms with Gasteiger partial charge in [0.15, 0.2) is 11.5 Å². The Labute approximate surface area is 229 Å². The average molecular weight is 533 g/mol.